The Morgan fingerprint density at radius 1 is 1.53 bits per heavy atom. The molecule has 15 heavy (non-hydrogen) atoms. The summed E-state index contributed by atoms with van der Waals surface area (Å²) in [6.45, 7) is 6.45. The molecule has 84 valence electrons. The number of hydrogen-bond donors (Lipinski definition) is 2. The van der Waals surface area contributed by atoms with Crippen molar-refractivity contribution in [3.8, 4) is 0 Å². The van der Waals surface area contributed by atoms with Gasteiger partial charge >= 0.3 is 0 Å². The van der Waals surface area contributed by atoms with Gasteiger partial charge in [-0.2, -0.15) is 0 Å². The van der Waals surface area contributed by atoms with Crippen LogP contribution in [0.2, 0.25) is 0 Å². The van der Waals surface area contributed by atoms with Crippen molar-refractivity contribution < 1.29 is 0 Å². The molecule has 0 fully saturated rings. The standard InChI is InChI=1S/C12H21N3/c1-4-9(2)7-12(15-13)11-5-6-14-10(3)8-11/h5-6,8-9,12,15H,4,7,13H2,1-3H3. The molecule has 0 aliphatic rings. The third-order valence-corrected chi connectivity index (χ3v) is 2.86. The van der Waals surface area contributed by atoms with Crippen molar-refractivity contribution in [2.45, 2.75) is 39.7 Å². The minimum atomic E-state index is 0.238. The fraction of sp³-hybridized carbons (Fsp3) is 0.583. The molecule has 2 atom stereocenters. The number of aromatic nitrogens is 1. The molecule has 0 saturated heterocycles. The van der Waals surface area contributed by atoms with Crippen molar-refractivity contribution >= 4 is 0 Å². The summed E-state index contributed by atoms with van der Waals surface area (Å²) in [6, 6.07) is 4.36. The lowest BCUT2D eigenvalue weighted by Crippen LogP contribution is -2.29. The smallest absolute Gasteiger partial charge is 0.0463 e. The van der Waals surface area contributed by atoms with Gasteiger partial charge in [-0.1, -0.05) is 20.3 Å². The van der Waals surface area contributed by atoms with Gasteiger partial charge in [-0.05, 0) is 37.0 Å². The maximum atomic E-state index is 5.59. The van der Waals surface area contributed by atoms with Crippen LogP contribution in [-0.4, -0.2) is 4.98 Å². The highest BCUT2D eigenvalue weighted by Gasteiger charge is 2.12. The molecule has 2 unspecified atom stereocenters. The highest BCUT2D eigenvalue weighted by Crippen LogP contribution is 2.22. The highest BCUT2D eigenvalue weighted by molar-refractivity contribution is 5.19. The van der Waals surface area contributed by atoms with Gasteiger partial charge in [-0.3, -0.25) is 16.3 Å². The summed E-state index contributed by atoms with van der Waals surface area (Å²) >= 11 is 0. The molecule has 1 aromatic rings. The van der Waals surface area contributed by atoms with Crippen LogP contribution < -0.4 is 11.3 Å². The van der Waals surface area contributed by atoms with Gasteiger partial charge in [0.25, 0.3) is 0 Å². The average Bonchev–Trinajstić information content (AvgIpc) is 2.25. The quantitative estimate of drug-likeness (QED) is 0.575. The van der Waals surface area contributed by atoms with E-state index in [1.165, 1.54) is 12.0 Å². The minimum Gasteiger partial charge on any atom is -0.271 e. The van der Waals surface area contributed by atoms with E-state index in [-0.39, 0.29) is 6.04 Å². The Kier molecular flexibility index (Phi) is 4.72. The molecule has 0 radical (unpaired) electrons. The Morgan fingerprint density at radius 3 is 2.80 bits per heavy atom. The third kappa shape index (κ3) is 3.61. The average molecular weight is 207 g/mol. The lowest BCUT2D eigenvalue weighted by atomic mass is 9.95. The first-order valence-electron chi connectivity index (χ1n) is 5.56. The molecule has 0 spiro atoms. The molecule has 3 N–H and O–H groups in total. The number of aryl methyl sites for hydroxylation is 1. The highest BCUT2D eigenvalue weighted by atomic mass is 15.2. The maximum absolute atomic E-state index is 5.59. The van der Waals surface area contributed by atoms with Crippen molar-refractivity contribution in [1.82, 2.24) is 10.4 Å². The van der Waals surface area contributed by atoms with Crippen molar-refractivity contribution in [2.24, 2.45) is 11.8 Å². The van der Waals surface area contributed by atoms with Crippen LogP contribution in [0, 0.1) is 12.8 Å². The van der Waals surface area contributed by atoms with Crippen molar-refractivity contribution in [3.63, 3.8) is 0 Å². The van der Waals surface area contributed by atoms with Gasteiger partial charge in [0.15, 0.2) is 0 Å². The van der Waals surface area contributed by atoms with Crippen LogP contribution >= 0.6 is 0 Å². The van der Waals surface area contributed by atoms with E-state index in [9.17, 15) is 0 Å². The second-order valence-corrected chi connectivity index (χ2v) is 4.20. The molecule has 1 heterocycles. The molecule has 0 saturated carbocycles. The van der Waals surface area contributed by atoms with Gasteiger partial charge in [-0.25, -0.2) is 0 Å². The van der Waals surface area contributed by atoms with E-state index in [2.05, 4.69) is 30.3 Å². The van der Waals surface area contributed by atoms with E-state index in [1.807, 2.05) is 19.2 Å². The fourth-order valence-electron chi connectivity index (χ4n) is 1.65. The van der Waals surface area contributed by atoms with Crippen LogP contribution in [0.15, 0.2) is 18.3 Å². The summed E-state index contributed by atoms with van der Waals surface area (Å²) in [5.41, 5.74) is 5.15. The Hall–Kier alpha value is -0.930. The lowest BCUT2D eigenvalue weighted by Gasteiger charge is -2.19. The molecular formula is C12H21N3. The number of nitrogens with one attached hydrogen (secondary N) is 1. The predicted octanol–water partition coefficient (Wildman–Crippen LogP) is 2.33. The van der Waals surface area contributed by atoms with E-state index >= 15 is 0 Å². The first kappa shape index (κ1) is 12.1. The summed E-state index contributed by atoms with van der Waals surface area (Å²) in [6.07, 6.45) is 4.09. The maximum Gasteiger partial charge on any atom is 0.0463 e. The molecule has 3 nitrogen and oxygen atoms in total. The number of hydrogen-bond acceptors (Lipinski definition) is 3. The van der Waals surface area contributed by atoms with Crippen LogP contribution in [0.1, 0.15) is 44.0 Å². The second kappa shape index (κ2) is 5.83. The minimum absolute atomic E-state index is 0.238. The van der Waals surface area contributed by atoms with E-state index in [1.54, 1.807) is 0 Å². The van der Waals surface area contributed by atoms with Crippen LogP contribution in [0.4, 0.5) is 0 Å². The zero-order valence-corrected chi connectivity index (χ0v) is 9.83. The van der Waals surface area contributed by atoms with Gasteiger partial charge in [0.2, 0.25) is 0 Å². The zero-order valence-electron chi connectivity index (χ0n) is 9.83. The Morgan fingerprint density at radius 2 is 2.27 bits per heavy atom. The molecule has 0 amide bonds. The molecule has 0 aromatic carbocycles. The first-order chi connectivity index (χ1) is 7.17. The fourth-order valence-corrected chi connectivity index (χ4v) is 1.65. The number of nitrogens with two attached hydrogens (primary N) is 1. The first-order valence-corrected chi connectivity index (χ1v) is 5.56. The van der Waals surface area contributed by atoms with Crippen molar-refractivity contribution in [3.05, 3.63) is 29.6 Å². The summed E-state index contributed by atoms with van der Waals surface area (Å²) < 4.78 is 0. The van der Waals surface area contributed by atoms with Crippen LogP contribution in [0.25, 0.3) is 0 Å². The molecule has 0 aliphatic carbocycles. The molecule has 1 rings (SSSR count). The van der Waals surface area contributed by atoms with E-state index < -0.39 is 0 Å². The number of rotatable bonds is 5. The van der Waals surface area contributed by atoms with E-state index in [0.717, 1.165) is 12.1 Å². The molecule has 1 aromatic heterocycles. The number of nitrogens with zero attached hydrogens (tertiary/aromatic N) is 1. The lowest BCUT2D eigenvalue weighted by molar-refractivity contribution is 0.407. The topological polar surface area (TPSA) is 50.9 Å². The van der Waals surface area contributed by atoms with E-state index in [4.69, 9.17) is 5.84 Å². The normalized spacial score (nSPS) is 14.9. The number of pyridine rings is 1. The van der Waals surface area contributed by atoms with Gasteiger partial charge in [-0.15, -0.1) is 0 Å². The van der Waals surface area contributed by atoms with Crippen LogP contribution in [-0.2, 0) is 0 Å². The molecule has 0 bridgehead atoms. The summed E-state index contributed by atoms with van der Waals surface area (Å²) in [4.78, 5) is 4.19. The molecule has 3 heteroatoms. The largest absolute Gasteiger partial charge is 0.271 e. The van der Waals surface area contributed by atoms with Gasteiger partial charge in [0.1, 0.15) is 0 Å². The zero-order chi connectivity index (χ0) is 11.3. The Balaban J connectivity index is 2.73. The SMILES string of the molecule is CCC(C)CC(NN)c1ccnc(C)c1. The summed E-state index contributed by atoms with van der Waals surface area (Å²) in [5, 5.41) is 0. The van der Waals surface area contributed by atoms with Gasteiger partial charge in [0.05, 0.1) is 0 Å². The summed E-state index contributed by atoms with van der Waals surface area (Å²) in [7, 11) is 0. The molecular weight excluding hydrogens is 186 g/mol. The van der Waals surface area contributed by atoms with Crippen LogP contribution in [0.3, 0.4) is 0 Å². The monoisotopic (exact) mass is 207 g/mol. The second-order valence-electron chi connectivity index (χ2n) is 4.20. The molecule has 0 aliphatic heterocycles. The van der Waals surface area contributed by atoms with Crippen molar-refractivity contribution in [2.75, 3.05) is 0 Å². The van der Waals surface area contributed by atoms with Crippen molar-refractivity contribution in [1.29, 1.82) is 0 Å². The number of hydrazine groups is 1. The summed E-state index contributed by atoms with van der Waals surface area (Å²) in [5.74, 6) is 6.27. The Bertz CT molecular complexity index is 299. The van der Waals surface area contributed by atoms with E-state index in [0.29, 0.717) is 5.92 Å². The Labute approximate surface area is 92.1 Å². The predicted molar refractivity (Wildman–Crippen MR) is 63.1 cm³/mol. The van der Waals surface area contributed by atoms with Gasteiger partial charge in [0, 0.05) is 17.9 Å². The third-order valence-electron chi connectivity index (χ3n) is 2.86. The van der Waals surface area contributed by atoms with Crippen LogP contribution in [0.5, 0.6) is 0 Å². The van der Waals surface area contributed by atoms with Gasteiger partial charge < -0.3 is 0 Å².